The maximum Gasteiger partial charge on any atom is 0.410 e. The number of carbonyl (C=O) groups excluding carboxylic acids is 1. The fourth-order valence-corrected chi connectivity index (χ4v) is 2.62. The number of hydrogen-bond donors (Lipinski definition) is 0. The highest BCUT2D eigenvalue weighted by molar-refractivity contribution is 5.68. The van der Waals surface area contributed by atoms with Gasteiger partial charge in [-0.05, 0) is 46.0 Å². The Kier molecular flexibility index (Phi) is 6.33. The molecule has 1 fully saturated rings. The van der Waals surface area contributed by atoms with Gasteiger partial charge in [0, 0.05) is 32.1 Å². The fraction of sp³-hybridized carbons (Fsp3) is 0.706. The van der Waals surface area contributed by atoms with E-state index in [4.69, 9.17) is 9.47 Å². The summed E-state index contributed by atoms with van der Waals surface area (Å²) < 4.78 is 11.1. The topological polar surface area (TPSA) is 64.5 Å². The van der Waals surface area contributed by atoms with E-state index in [2.05, 4.69) is 9.97 Å². The van der Waals surface area contributed by atoms with Crippen LogP contribution in [0.25, 0.3) is 0 Å². The molecule has 0 aliphatic carbocycles. The molecule has 6 heteroatoms. The van der Waals surface area contributed by atoms with Crippen molar-refractivity contribution in [3.05, 3.63) is 24.3 Å². The summed E-state index contributed by atoms with van der Waals surface area (Å²) in [5, 5.41) is 0. The summed E-state index contributed by atoms with van der Waals surface area (Å²) in [4.78, 5) is 22.1. The molecule has 0 radical (unpaired) electrons. The van der Waals surface area contributed by atoms with Crippen LogP contribution in [-0.2, 0) is 16.1 Å². The molecule has 0 bridgehead atoms. The minimum absolute atomic E-state index is 0.206. The molecule has 0 unspecified atom stereocenters. The van der Waals surface area contributed by atoms with Gasteiger partial charge < -0.3 is 14.4 Å². The highest BCUT2D eigenvalue weighted by Gasteiger charge is 2.27. The summed E-state index contributed by atoms with van der Waals surface area (Å²) in [6.07, 6.45) is 7.92. The Morgan fingerprint density at radius 2 is 2.22 bits per heavy atom. The number of aromatic nitrogens is 2. The Morgan fingerprint density at radius 1 is 1.39 bits per heavy atom. The van der Waals surface area contributed by atoms with Crippen LogP contribution in [0.5, 0.6) is 0 Å². The van der Waals surface area contributed by atoms with E-state index in [9.17, 15) is 4.79 Å². The van der Waals surface area contributed by atoms with Gasteiger partial charge in [0.25, 0.3) is 0 Å². The molecule has 0 N–H and O–H groups in total. The minimum atomic E-state index is -0.441. The Hall–Kier alpha value is -1.69. The first kappa shape index (κ1) is 17.7. The normalized spacial score (nSPS) is 18.7. The molecule has 128 valence electrons. The molecular formula is C17H27N3O3. The van der Waals surface area contributed by atoms with Gasteiger partial charge in [-0.1, -0.05) is 0 Å². The molecule has 1 aliphatic rings. The third kappa shape index (κ3) is 6.52. The molecular weight excluding hydrogens is 294 g/mol. The zero-order chi connectivity index (χ0) is 16.7. The van der Waals surface area contributed by atoms with Crippen LogP contribution in [0.2, 0.25) is 0 Å². The van der Waals surface area contributed by atoms with Crippen molar-refractivity contribution < 1.29 is 14.3 Å². The average Bonchev–Trinajstić information content (AvgIpc) is 2.51. The van der Waals surface area contributed by atoms with Crippen molar-refractivity contribution in [2.45, 2.75) is 52.2 Å². The number of rotatable bonds is 5. The van der Waals surface area contributed by atoms with E-state index in [1.54, 1.807) is 18.6 Å². The number of piperidine rings is 1. The summed E-state index contributed by atoms with van der Waals surface area (Å²) in [7, 11) is 0. The Balaban J connectivity index is 1.68. The first-order valence-corrected chi connectivity index (χ1v) is 8.24. The summed E-state index contributed by atoms with van der Waals surface area (Å²) in [5.41, 5.74) is 0.399. The van der Waals surface area contributed by atoms with Crippen LogP contribution in [-0.4, -0.2) is 46.3 Å². The molecule has 1 aliphatic heterocycles. The highest BCUT2D eigenvalue weighted by Crippen LogP contribution is 2.21. The molecule has 1 aromatic rings. The molecule has 23 heavy (non-hydrogen) atoms. The van der Waals surface area contributed by atoms with Crippen molar-refractivity contribution in [3.63, 3.8) is 0 Å². The second-order valence-corrected chi connectivity index (χ2v) is 6.97. The largest absolute Gasteiger partial charge is 0.444 e. The Labute approximate surface area is 138 Å². The smallest absolute Gasteiger partial charge is 0.410 e. The second kappa shape index (κ2) is 8.24. The number of ether oxygens (including phenoxy) is 2. The quantitative estimate of drug-likeness (QED) is 0.780. The maximum atomic E-state index is 12.1. The predicted molar refractivity (Wildman–Crippen MR) is 86.8 cm³/mol. The highest BCUT2D eigenvalue weighted by atomic mass is 16.6. The van der Waals surface area contributed by atoms with Crippen LogP contribution in [0.1, 0.15) is 45.7 Å². The lowest BCUT2D eigenvalue weighted by Crippen LogP contribution is -2.43. The Bertz CT molecular complexity index is 488. The van der Waals surface area contributed by atoms with E-state index >= 15 is 0 Å². The van der Waals surface area contributed by atoms with E-state index in [0.29, 0.717) is 19.1 Å². The summed E-state index contributed by atoms with van der Waals surface area (Å²) in [6.45, 7) is 8.38. The molecule has 0 spiro atoms. The van der Waals surface area contributed by atoms with Crippen LogP contribution in [0.4, 0.5) is 4.79 Å². The molecule has 6 nitrogen and oxygen atoms in total. The predicted octanol–water partition coefficient (Wildman–Crippen LogP) is 3.03. The number of nitrogens with zero attached hydrogens (tertiary/aromatic N) is 3. The molecule has 1 aromatic heterocycles. The van der Waals surface area contributed by atoms with Gasteiger partial charge in [0.05, 0.1) is 18.5 Å². The molecule has 0 saturated carbocycles. The van der Waals surface area contributed by atoms with Gasteiger partial charge in [0.1, 0.15) is 5.60 Å². The molecule has 0 aromatic carbocycles. The number of likely N-dealkylation sites (tertiary alicyclic amines) is 1. The van der Waals surface area contributed by atoms with Crippen LogP contribution in [0.3, 0.4) is 0 Å². The minimum Gasteiger partial charge on any atom is -0.444 e. The van der Waals surface area contributed by atoms with Crippen molar-refractivity contribution in [3.8, 4) is 0 Å². The van der Waals surface area contributed by atoms with Crippen LogP contribution in [0, 0.1) is 5.92 Å². The van der Waals surface area contributed by atoms with Crippen LogP contribution in [0.15, 0.2) is 18.6 Å². The third-order valence-electron chi connectivity index (χ3n) is 3.71. The van der Waals surface area contributed by atoms with Crippen molar-refractivity contribution in [1.82, 2.24) is 14.9 Å². The summed E-state index contributed by atoms with van der Waals surface area (Å²) in [6, 6.07) is 0. The lowest BCUT2D eigenvalue weighted by atomic mass is 9.95. The van der Waals surface area contributed by atoms with E-state index in [-0.39, 0.29) is 6.09 Å². The van der Waals surface area contributed by atoms with Gasteiger partial charge in [-0.15, -0.1) is 0 Å². The first-order chi connectivity index (χ1) is 10.9. The zero-order valence-electron chi connectivity index (χ0n) is 14.3. The maximum absolute atomic E-state index is 12.1. The summed E-state index contributed by atoms with van der Waals surface area (Å²) in [5.74, 6) is 0.470. The number of amides is 1. The molecule has 2 heterocycles. The van der Waals surface area contributed by atoms with Gasteiger partial charge in [0.15, 0.2) is 0 Å². The SMILES string of the molecule is CC(C)(C)OC(=O)N1CCC[C@@H](CCOCc2cnccn2)C1. The second-order valence-electron chi connectivity index (χ2n) is 6.97. The van der Waals surface area contributed by atoms with Gasteiger partial charge in [0.2, 0.25) is 0 Å². The van der Waals surface area contributed by atoms with E-state index in [1.807, 2.05) is 25.7 Å². The third-order valence-corrected chi connectivity index (χ3v) is 3.71. The van der Waals surface area contributed by atoms with E-state index < -0.39 is 5.60 Å². The molecule has 2 rings (SSSR count). The van der Waals surface area contributed by atoms with Gasteiger partial charge in [-0.25, -0.2) is 4.79 Å². The lowest BCUT2D eigenvalue weighted by Gasteiger charge is -2.34. The van der Waals surface area contributed by atoms with Gasteiger partial charge in [-0.3, -0.25) is 9.97 Å². The van der Waals surface area contributed by atoms with Crippen molar-refractivity contribution in [2.75, 3.05) is 19.7 Å². The van der Waals surface area contributed by atoms with Gasteiger partial charge >= 0.3 is 6.09 Å². The van der Waals surface area contributed by atoms with Crippen LogP contribution < -0.4 is 0 Å². The monoisotopic (exact) mass is 321 g/mol. The molecule has 1 amide bonds. The average molecular weight is 321 g/mol. The van der Waals surface area contributed by atoms with Crippen molar-refractivity contribution in [1.29, 1.82) is 0 Å². The molecule has 1 saturated heterocycles. The summed E-state index contributed by atoms with van der Waals surface area (Å²) >= 11 is 0. The van der Waals surface area contributed by atoms with E-state index in [0.717, 1.165) is 38.0 Å². The lowest BCUT2D eigenvalue weighted by molar-refractivity contribution is 0.0135. The Morgan fingerprint density at radius 3 is 2.91 bits per heavy atom. The van der Waals surface area contributed by atoms with Gasteiger partial charge in [-0.2, -0.15) is 0 Å². The molecule has 1 atom stereocenters. The van der Waals surface area contributed by atoms with Crippen LogP contribution >= 0.6 is 0 Å². The van der Waals surface area contributed by atoms with E-state index in [1.165, 1.54) is 0 Å². The zero-order valence-corrected chi connectivity index (χ0v) is 14.3. The number of carbonyl (C=O) groups is 1. The van der Waals surface area contributed by atoms with Crippen molar-refractivity contribution >= 4 is 6.09 Å². The van der Waals surface area contributed by atoms with Crippen molar-refractivity contribution in [2.24, 2.45) is 5.92 Å². The first-order valence-electron chi connectivity index (χ1n) is 8.24. The standard InChI is InChI=1S/C17H27N3O3/c1-17(2,3)23-16(21)20-9-4-5-14(12-20)6-10-22-13-15-11-18-7-8-19-15/h7-8,11,14H,4-6,9-10,12-13H2,1-3H3/t14-/m0/s1. The fourth-order valence-electron chi connectivity index (χ4n) is 2.62. The number of hydrogen-bond acceptors (Lipinski definition) is 5.